The van der Waals surface area contributed by atoms with Gasteiger partial charge in [0.2, 0.25) is 5.78 Å². The highest BCUT2D eigenvalue weighted by molar-refractivity contribution is 6.08. The molecule has 160 valence electrons. The zero-order chi connectivity index (χ0) is 22.5. The molecule has 2 heteroatoms. The van der Waals surface area contributed by atoms with Crippen molar-refractivity contribution in [2.75, 3.05) is 0 Å². The maximum Gasteiger partial charge on any atom is 0.231 e. The second kappa shape index (κ2) is 9.48. The number of Topliss-reactive ketones (excluding diaryl/α,β-unsaturated/α-hetero) is 2. The summed E-state index contributed by atoms with van der Waals surface area (Å²) in [6.07, 6.45) is 4.60. The molecule has 1 unspecified atom stereocenters. The van der Waals surface area contributed by atoms with Crippen LogP contribution in [-0.2, 0) is 16.0 Å². The summed E-state index contributed by atoms with van der Waals surface area (Å²) in [5, 5.41) is 0. The Bertz CT molecular complexity index is 1010. The largest absolute Gasteiger partial charge is 0.299 e. The molecule has 1 aliphatic rings. The highest BCUT2D eigenvalue weighted by atomic mass is 16.1. The maximum atomic E-state index is 13.1. The molecular weight excluding hydrogens is 380 g/mol. The summed E-state index contributed by atoms with van der Waals surface area (Å²) in [5.41, 5.74) is 2.83. The summed E-state index contributed by atoms with van der Waals surface area (Å²) >= 11 is 0. The second-order valence-electron chi connectivity index (χ2n) is 10.1. The zero-order valence-electron chi connectivity index (χ0n) is 19.1. The van der Waals surface area contributed by atoms with Crippen molar-refractivity contribution in [1.82, 2.24) is 0 Å². The molecule has 2 aromatic rings. The lowest BCUT2D eigenvalue weighted by molar-refractivity contribution is -0.119. The molecule has 1 atom stereocenters. The fraction of sp³-hybridized carbons (Fsp3) is 0.379. The third kappa shape index (κ3) is 6.53. The van der Waals surface area contributed by atoms with Gasteiger partial charge in [-0.05, 0) is 40.7 Å². The summed E-state index contributed by atoms with van der Waals surface area (Å²) in [4.78, 5) is 25.9. The topological polar surface area (TPSA) is 34.1 Å². The highest BCUT2D eigenvalue weighted by Crippen LogP contribution is 2.44. The molecule has 0 bridgehead atoms. The quantitative estimate of drug-likeness (QED) is 0.411. The molecule has 0 aliphatic heterocycles. The summed E-state index contributed by atoms with van der Waals surface area (Å²) in [6.45, 7) is 8.75. The lowest BCUT2D eigenvalue weighted by Crippen LogP contribution is -2.29. The second-order valence-corrected chi connectivity index (χ2v) is 10.1. The molecule has 2 nitrogen and oxygen atoms in total. The van der Waals surface area contributed by atoms with Crippen LogP contribution in [0.2, 0.25) is 0 Å². The summed E-state index contributed by atoms with van der Waals surface area (Å²) < 4.78 is 0. The fourth-order valence-corrected chi connectivity index (χ4v) is 4.87. The van der Waals surface area contributed by atoms with Crippen LogP contribution in [0.25, 0.3) is 0 Å². The van der Waals surface area contributed by atoms with Gasteiger partial charge < -0.3 is 0 Å². The maximum absolute atomic E-state index is 13.1. The van der Waals surface area contributed by atoms with Gasteiger partial charge in [0.1, 0.15) is 5.78 Å². The third-order valence-electron chi connectivity index (χ3n) is 5.78. The van der Waals surface area contributed by atoms with Crippen LogP contribution in [0.15, 0.2) is 72.3 Å². The van der Waals surface area contributed by atoms with Crippen molar-refractivity contribution in [3.05, 3.63) is 83.4 Å². The predicted octanol–water partition coefficient (Wildman–Crippen LogP) is 6.32. The average Bonchev–Trinajstić information content (AvgIpc) is 2.70. The lowest BCUT2D eigenvalue weighted by atomic mass is 9.66. The van der Waals surface area contributed by atoms with E-state index in [0.29, 0.717) is 12.8 Å². The van der Waals surface area contributed by atoms with Crippen LogP contribution in [-0.4, -0.2) is 11.6 Å². The molecular formula is C29H32O2. The molecule has 1 aliphatic carbocycles. The van der Waals surface area contributed by atoms with Gasteiger partial charge in [-0.3, -0.25) is 9.59 Å². The van der Waals surface area contributed by atoms with Crippen LogP contribution >= 0.6 is 0 Å². The third-order valence-corrected chi connectivity index (χ3v) is 5.78. The van der Waals surface area contributed by atoms with E-state index in [0.717, 1.165) is 29.5 Å². The Labute approximate surface area is 186 Å². The number of hydrogen-bond donors (Lipinski definition) is 0. The number of allylic oxidation sites excluding steroid dienone is 2. The van der Waals surface area contributed by atoms with Crippen LogP contribution in [0.5, 0.6) is 0 Å². The molecule has 0 spiro atoms. The summed E-state index contributed by atoms with van der Waals surface area (Å²) in [6, 6.07) is 19.5. The van der Waals surface area contributed by atoms with Gasteiger partial charge in [0.25, 0.3) is 0 Å². The SMILES string of the molecule is CC1(C)C=C(C(=O)C#CCC(C(=O)Cc2ccccc2)c2ccccc2)CC(C)(C)C1. The van der Waals surface area contributed by atoms with E-state index in [1.807, 2.05) is 60.7 Å². The van der Waals surface area contributed by atoms with Crippen molar-refractivity contribution >= 4 is 11.6 Å². The standard InChI is InChI=1S/C29H32O2/c1-28(2)19-24(20-29(3,4)21-28)26(30)17-11-16-25(23-14-9-6-10-15-23)27(31)18-22-12-7-5-8-13-22/h5-10,12-15,19,25H,16,18,20-21H2,1-4H3. The Morgan fingerprint density at radius 1 is 0.935 bits per heavy atom. The van der Waals surface area contributed by atoms with E-state index in [4.69, 9.17) is 0 Å². The van der Waals surface area contributed by atoms with Gasteiger partial charge in [0.05, 0.1) is 5.92 Å². The first-order valence-electron chi connectivity index (χ1n) is 11.0. The van der Waals surface area contributed by atoms with Gasteiger partial charge in [0, 0.05) is 18.4 Å². The number of benzene rings is 2. The molecule has 0 amide bonds. The molecule has 2 aromatic carbocycles. The van der Waals surface area contributed by atoms with Gasteiger partial charge >= 0.3 is 0 Å². The van der Waals surface area contributed by atoms with Gasteiger partial charge in [-0.1, -0.05) is 100 Å². The minimum atomic E-state index is -0.338. The van der Waals surface area contributed by atoms with Crippen LogP contribution < -0.4 is 0 Å². The van der Waals surface area contributed by atoms with Crippen molar-refractivity contribution in [1.29, 1.82) is 0 Å². The Kier molecular flexibility index (Phi) is 6.96. The molecule has 0 saturated heterocycles. The first-order valence-corrected chi connectivity index (χ1v) is 11.0. The van der Waals surface area contributed by atoms with E-state index in [2.05, 4.69) is 45.6 Å². The molecule has 0 fully saturated rings. The molecule has 31 heavy (non-hydrogen) atoms. The zero-order valence-corrected chi connectivity index (χ0v) is 19.1. The molecule has 0 N–H and O–H groups in total. The minimum Gasteiger partial charge on any atom is -0.299 e. The van der Waals surface area contributed by atoms with Crippen molar-refractivity contribution in [3.8, 4) is 11.8 Å². The van der Waals surface area contributed by atoms with E-state index < -0.39 is 0 Å². The average molecular weight is 413 g/mol. The van der Waals surface area contributed by atoms with Crippen LogP contribution in [0.1, 0.15) is 64.0 Å². The van der Waals surface area contributed by atoms with Crippen LogP contribution in [0.3, 0.4) is 0 Å². The Morgan fingerprint density at radius 2 is 1.55 bits per heavy atom. The Hall–Kier alpha value is -2.92. The normalized spacial score (nSPS) is 17.6. The molecule has 0 aromatic heterocycles. The first-order chi connectivity index (χ1) is 14.7. The van der Waals surface area contributed by atoms with Crippen molar-refractivity contribution in [2.24, 2.45) is 10.8 Å². The number of carbonyl (C=O) groups is 2. The van der Waals surface area contributed by atoms with E-state index >= 15 is 0 Å². The van der Waals surface area contributed by atoms with E-state index in [1.54, 1.807) is 0 Å². The summed E-state index contributed by atoms with van der Waals surface area (Å²) in [7, 11) is 0. The molecule has 3 rings (SSSR count). The van der Waals surface area contributed by atoms with E-state index in [1.165, 1.54) is 0 Å². The van der Waals surface area contributed by atoms with Crippen molar-refractivity contribution in [2.45, 2.75) is 59.3 Å². The van der Waals surface area contributed by atoms with Gasteiger partial charge in [-0.2, -0.15) is 0 Å². The summed E-state index contributed by atoms with van der Waals surface area (Å²) in [5.74, 6) is 5.56. The number of ketones is 2. The molecule has 0 heterocycles. The highest BCUT2D eigenvalue weighted by Gasteiger charge is 2.34. The van der Waals surface area contributed by atoms with Gasteiger partial charge in [0.15, 0.2) is 0 Å². The van der Waals surface area contributed by atoms with Crippen LogP contribution in [0.4, 0.5) is 0 Å². The number of carbonyl (C=O) groups excluding carboxylic acids is 2. The van der Waals surface area contributed by atoms with Crippen molar-refractivity contribution < 1.29 is 9.59 Å². The van der Waals surface area contributed by atoms with Gasteiger partial charge in [-0.25, -0.2) is 0 Å². The molecule has 0 radical (unpaired) electrons. The number of rotatable bonds is 6. The lowest BCUT2D eigenvalue weighted by Gasteiger charge is -2.38. The fourth-order valence-electron chi connectivity index (χ4n) is 4.87. The smallest absolute Gasteiger partial charge is 0.231 e. The van der Waals surface area contributed by atoms with E-state index in [-0.39, 0.29) is 28.3 Å². The number of hydrogen-bond acceptors (Lipinski definition) is 2. The van der Waals surface area contributed by atoms with Crippen LogP contribution in [0, 0.1) is 22.7 Å². The van der Waals surface area contributed by atoms with Gasteiger partial charge in [-0.15, -0.1) is 0 Å². The minimum absolute atomic E-state index is 0.00729. The van der Waals surface area contributed by atoms with E-state index in [9.17, 15) is 9.59 Å². The first kappa shape index (κ1) is 22.8. The predicted molar refractivity (Wildman–Crippen MR) is 127 cm³/mol. The monoisotopic (exact) mass is 412 g/mol. The Morgan fingerprint density at radius 3 is 2.16 bits per heavy atom. The van der Waals surface area contributed by atoms with Crippen molar-refractivity contribution in [3.63, 3.8) is 0 Å². The molecule has 0 saturated carbocycles. The Balaban J connectivity index is 1.77.